The first-order valence-corrected chi connectivity index (χ1v) is 4.35. The third kappa shape index (κ3) is 3.30. The van der Waals surface area contributed by atoms with E-state index in [1.165, 1.54) is 25.3 Å². The number of benzene rings is 1. The number of carbonyl (C=O) groups is 1. The van der Waals surface area contributed by atoms with Gasteiger partial charge in [-0.15, -0.1) is 0 Å². The summed E-state index contributed by atoms with van der Waals surface area (Å²) in [5.74, 6) is 4.16. The van der Waals surface area contributed by atoms with E-state index in [1.54, 1.807) is 6.07 Å². The summed E-state index contributed by atoms with van der Waals surface area (Å²) < 4.78 is 17.3. The molecule has 5 heteroatoms. The first kappa shape index (κ1) is 11.6. The number of hydrogen-bond acceptors (Lipinski definition) is 4. The topological polar surface area (TPSA) is 61.5 Å². The fourth-order valence-electron chi connectivity index (χ4n) is 1.19. The Kier molecular flexibility index (Phi) is 4.20. The minimum atomic E-state index is -0.687. The number of nitrogens with two attached hydrogens (primary N) is 1. The lowest BCUT2D eigenvalue weighted by atomic mass is 10.1. The Morgan fingerprint density at radius 1 is 1.60 bits per heavy atom. The molecule has 0 saturated carbocycles. The van der Waals surface area contributed by atoms with Crippen molar-refractivity contribution in [3.63, 3.8) is 0 Å². The van der Waals surface area contributed by atoms with Gasteiger partial charge in [-0.2, -0.15) is 0 Å². The SMILES string of the molecule is COC(=O)CC(ON)c1cccc(F)c1. The van der Waals surface area contributed by atoms with E-state index in [9.17, 15) is 9.18 Å². The summed E-state index contributed by atoms with van der Waals surface area (Å²) in [6.45, 7) is 0. The molecule has 0 bridgehead atoms. The van der Waals surface area contributed by atoms with E-state index in [0.717, 1.165) is 0 Å². The maximum Gasteiger partial charge on any atom is 0.308 e. The summed E-state index contributed by atoms with van der Waals surface area (Å²) in [5.41, 5.74) is 0.503. The van der Waals surface area contributed by atoms with E-state index in [2.05, 4.69) is 9.57 Å². The molecule has 0 amide bonds. The van der Waals surface area contributed by atoms with E-state index in [4.69, 9.17) is 5.90 Å². The molecule has 0 aliphatic heterocycles. The van der Waals surface area contributed by atoms with Gasteiger partial charge in [-0.25, -0.2) is 10.3 Å². The van der Waals surface area contributed by atoms with Gasteiger partial charge in [-0.3, -0.25) is 9.63 Å². The predicted molar refractivity (Wildman–Crippen MR) is 51.0 cm³/mol. The van der Waals surface area contributed by atoms with Gasteiger partial charge in [-0.1, -0.05) is 12.1 Å². The summed E-state index contributed by atoms with van der Waals surface area (Å²) in [6, 6.07) is 5.72. The fourth-order valence-corrected chi connectivity index (χ4v) is 1.19. The van der Waals surface area contributed by atoms with Crippen LogP contribution in [-0.4, -0.2) is 13.1 Å². The van der Waals surface area contributed by atoms with Gasteiger partial charge < -0.3 is 4.74 Å². The van der Waals surface area contributed by atoms with Crippen LogP contribution in [0, 0.1) is 5.82 Å². The Bertz CT molecular complexity index is 343. The summed E-state index contributed by atoms with van der Waals surface area (Å²) in [6.07, 6.45) is -0.732. The lowest BCUT2D eigenvalue weighted by Crippen LogP contribution is -2.15. The molecule has 0 aliphatic carbocycles. The molecule has 0 saturated heterocycles. The lowest BCUT2D eigenvalue weighted by Gasteiger charge is -2.13. The number of hydrogen-bond donors (Lipinski definition) is 1. The largest absolute Gasteiger partial charge is 0.469 e. The summed E-state index contributed by atoms with van der Waals surface area (Å²) in [4.78, 5) is 15.6. The Morgan fingerprint density at radius 2 is 2.33 bits per heavy atom. The van der Waals surface area contributed by atoms with Crippen LogP contribution in [0.25, 0.3) is 0 Å². The van der Waals surface area contributed by atoms with Gasteiger partial charge in [0.2, 0.25) is 0 Å². The highest BCUT2D eigenvalue weighted by Crippen LogP contribution is 2.20. The van der Waals surface area contributed by atoms with Gasteiger partial charge >= 0.3 is 5.97 Å². The van der Waals surface area contributed by atoms with Crippen LogP contribution < -0.4 is 5.90 Å². The predicted octanol–water partition coefficient (Wildman–Crippen LogP) is 1.32. The van der Waals surface area contributed by atoms with E-state index in [0.29, 0.717) is 5.56 Å². The zero-order chi connectivity index (χ0) is 11.3. The molecule has 15 heavy (non-hydrogen) atoms. The maximum absolute atomic E-state index is 12.9. The first-order chi connectivity index (χ1) is 7.17. The van der Waals surface area contributed by atoms with E-state index < -0.39 is 17.9 Å². The number of carbonyl (C=O) groups excluding carboxylic acids is 1. The van der Waals surface area contributed by atoms with Crippen LogP contribution in [0.1, 0.15) is 18.1 Å². The van der Waals surface area contributed by atoms with Gasteiger partial charge in [-0.05, 0) is 17.7 Å². The molecule has 0 aromatic heterocycles. The Balaban J connectivity index is 2.78. The van der Waals surface area contributed by atoms with Gasteiger partial charge in [0, 0.05) is 0 Å². The number of methoxy groups -OCH3 is 1. The number of esters is 1. The van der Waals surface area contributed by atoms with Crippen molar-refractivity contribution < 1.29 is 18.8 Å². The smallest absolute Gasteiger partial charge is 0.308 e. The second kappa shape index (κ2) is 5.43. The summed E-state index contributed by atoms with van der Waals surface area (Å²) in [7, 11) is 1.27. The molecule has 4 nitrogen and oxygen atoms in total. The molecular weight excluding hydrogens is 201 g/mol. The number of halogens is 1. The molecular formula is C10H12FNO3. The van der Waals surface area contributed by atoms with Gasteiger partial charge in [0.25, 0.3) is 0 Å². The molecule has 0 fully saturated rings. The Labute approximate surface area is 86.7 Å². The van der Waals surface area contributed by atoms with Gasteiger partial charge in [0.1, 0.15) is 11.9 Å². The third-order valence-electron chi connectivity index (χ3n) is 1.96. The average Bonchev–Trinajstić information content (AvgIpc) is 2.25. The van der Waals surface area contributed by atoms with Crippen LogP contribution in [0.3, 0.4) is 0 Å². The van der Waals surface area contributed by atoms with Crippen molar-refractivity contribution in [1.82, 2.24) is 0 Å². The van der Waals surface area contributed by atoms with Crippen molar-refractivity contribution in [2.75, 3.05) is 7.11 Å². The highest BCUT2D eigenvalue weighted by Gasteiger charge is 2.16. The Hall–Kier alpha value is -1.46. The van der Waals surface area contributed by atoms with Crippen LogP contribution in [0.15, 0.2) is 24.3 Å². The molecule has 0 spiro atoms. The van der Waals surface area contributed by atoms with Crippen LogP contribution in [0.4, 0.5) is 4.39 Å². The third-order valence-corrected chi connectivity index (χ3v) is 1.96. The molecule has 82 valence electrons. The lowest BCUT2D eigenvalue weighted by molar-refractivity contribution is -0.144. The zero-order valence-electron chi connectivity index (χ0n) is 8.27. The average molecular weight is 213 g/mol. The molecule has 1 atom stereocenters. The highest BCUT2D eigenvalue weighted by molar-refractivity contribution is 5.70. The van der Waals surface area contributed by atoms with Crippen molar-refractivity contribution in [2.24, 2.45) is 5.90 Å². The second-order valence-corrected chi connectivity index (χ2v) is 2.96. The van der Waals surface area contributed by atoms with E-state index in [1.807, 2.05) is 0 Å². The van der Waals surface area contributed by atoms with Crippen molar-refractivity contribution in [3.05, 3.63) is 35.6 Å². The van der Waals surface area contributed by atoms with E-state index in [-0.39, 0.29) is 6.42 Å². The highest BCUT2D eigenvalue weighted by atomic mass is 19.1. The minimum Gasteiger partial charge on any atom is -0.469 e. The maximum atomic E-state index is 12.9. The van der Waals surface area contributed by atoms with Crippen LogP contribution in [0.2, 0.25) is 0 Å². The van der Waals surface area contributed by atoms with Crippen molar-refractivity contribution >= 4 is 5.97 Å². The molecule has 0 radical (unpaired) electrons. The first-order valence-electron chi connectivity index (χ1n) is 4.35. The second-order valence-electron chi connectivity index (χ2n) is 2.96. The van der Waals surface area contributed by atoms with Crippen LogP contribution in [-0.2, 0) is 14.4 Å². The fraction of sp³-hybridized carbons (Fsp3) is 0.300. The standard InChI is InChI=1S/C10H12FNO3/c1-14-10(13)6-9(15-12)7-3-2-4-8(11)5-7/h2-5,9H,6,12H2,1H3. The number of ether oxygens (including phenoxy) is 1. The van der Waals surface area contributed by atoms with Crippen LogP contribution >= 0.6 is 0 Å². The molecule has 1 aromatic rings. The molecule has 1 unspecified atom stereocenters. The Morgan fingerprint density at radius 3 is 2.87 bits per heavy atom. The minimum absolute atomic E-state index is 0.0452. The molecule has 0 heterocycles. The summed E-state index contributed by atoms with van der Waals surface area (Å²) in [5, 5.41) is 0. The van der Waals surface area contributed by atoms with Crippen molar-refractivity contribution in [2.45, 2.75) is 12.5 Å². The zero-order valence-corrected chi connectivity index (χ0v) is 8.27. The number of rotatable bonds is 4. The molecule has 2 N–H and O–H groups in total. The molecule has 1 rings (SSSR count). The van der Waals surface area contributed by atoms with E-state index >= 15 is 0 Å². The summed E-state index contributed by atoms with van der Waals surface area (Å²) >= 11 is 0. The molecule has 1 aromatic carbocycles. The van der Waals surface area contributed by atoms with Crippen molar-refractivity contribution in [1.29, 1.82) is 0 Å². The van der Waals surface area contributed by atoms with Crippen molar-refractivity contribution in [3.8, 4) is 0 Å². The quantitative estimate of drug-likeness (QED) is 0.605. The van der Waals surface area contributed by atoms with Gasteiger partial charge in [0.05, 0.1) is 13.5 Å². The normalized spacial score (nSPS) is 12.2. The molecule has 0 aliphatic rings. The van der Waals surface area contributed by atoms with Crippen LogP contribution in [0.5, 0.6) is 0 Å². The van der Waals surface area contributed by atoms with Gasteiger partial charge in [0.15, 0.2) is 0 Å². The monoisotopic (exact) mass is 213 g/mol.